The number of thioether (sulfide) groups is 1. The van der Waals surface area contributed by atoms with Crippen molar-refractivity contribution in [3.63, 3.8) is 0 Å². The Morgan fingerprint density at radius 1 is 1.02 bits per heavy atom. The molecule has 0 atom stereocenters. The Morgan fingerprint density at radius 3 is 2.49 bits per heavy atom. The van der Waals surface area contributed by atoms with E-state index < -0.39 is 10.0 Å². The van der Waals surface area contributed by atoms with Crippen molar-refractivity contribution in [1.82, 2.24) is 20.0 Å². The summed E-state index contributed by atoms with van der Waals surface area (Å²) in [6.45, 7) is 1.72. The standard InChI is InChI=1S/C28H30Cl2N6O3S2/c29-22-6-3-7-23(30)25(22)36-16-40-26-21(27(36)37)15-32-28(34-26)33-19-8-9-20(17-10-12-31-13-11-17)24(14-19)41(38,39)35-18-4-1-2-5-18/h3,6-9,14-15,17-18,31,35H,1-2,4-5,10-13,16H2,(H,32,33,34). The smallest absolute Gasteiger partial charge is 0.263 e. The maximum Gasteiger partial charge on any atom is 0.263 e. The number of fused-ring (bicyclic) bond motifs is 1. The summed E-state index contributed by atoms with van der Waals surface area (Å²) < 4.78 is 30.2. The Hall–Kier alpha value is -2.41. The summed E-state index contributed by atoms with van der Waals surface area (Å²) >= 11 is 14.1. The average molecular weight is 634 g/mol. The van der Waals surface area contributed by atoms with Crippen LogP contribution in [0.15, 0.2) is 52.5 Å². The number of hydrogen-bond acceptors (Lipinski definition) is 8. The first-order valence-corrected chi connectivity index (χ1v) is 16.9. The first-order chi connectivity index (χ1) is 19.8. The first-order valence-electron chi connectivity index (χ1n) is 13.7. The second kappa shape index (κ2) is 12.1. The van der Waals surface area contributed by atoms with Crippen LogP contribution in [0.5, 0.6) is 0 Å². The van der Waals surface area contributed by atoms with Gasteiger partial charge in [-0.05, 0) is 74.5 Å². The van der Waals surface area contributed by atoms with Crippen molar-refractivity contribution in [2.24, 2.45) is 0 Å². The lowest BCUT2D eigenvalue weighted by Crippen LogP contribution is -2.35. The zero-order valence-electron chi connectivity index (χ0n) is 22.2. The quantitative estimate of drug-likeness (QED) is 0.275. The number of benzene rings is 2. The highest BCUT2D eigenvalue weighted by Crippen LogP contribution is 2.40. The molecule has 3 heterocycles. The molecule has 1 saturated heterocycles. The summed E-state index contributed by atoms with van der Waals surface area (Å²) in [5.74, 6) is 0.428. The van der Waals surface area contributed by atoms with E-state index in [0.29, 0.717) is 36.9 Å². The molecule has 9 nitrogen and oxygen atoms in total. The Bertz CT molecular complexity index is 1560. The molecule has 1 aromatic heterocycles. The fraction of sp³-hybridized carbons (Fsp3) is 0.393. The molecule has 1 aliphatic carbocycles. The van der Waals surface area contributed by atoms with E-state index in [1.54, 1.807) is 24.3 Å². The molecule has 41 heavy (non-hydrogen) atoms. The third-order valence-corrected chi connectivity index (χ3v) is 10.9. The predicted octanol–water partition coefficient (Wildman–Crippen LogP) is 5.92. The van der Waals surface area contributed by atoms with Crippen molar-refractivity contribution in [3.05, 3.63) is 63.8 Å². The molecule has 2 aliphatic heterocycles. The van der Waals surface area contributed by atoms with Crippen molar-refractivity contribution in [2.75, 3.05) is 29.2 Å². The van der Waals surface area contributed by atoms with Crippen LogP contribution in [0.25, 0.3) is 0 Å². The maximum absolute atomic E-state index is 13.6. The second-order valence-electron chi connectivity index (χ2n) is 10.5. The van der Waals surface area contributed by atoms with E-state index in [9.17, 15) is 13.2 Å². The number of piperidine rings is 1. The van der Waals surface area contributed by atoms with Crippen LogP contribution >= 0.6 is 35.0 Å². The molecular weight excluding hydrogens is 603 g/mol. The summed E-state index contributed by atoms with van der Waals surface area (Å²) in [4.78, 5) is 24.1. The SMILES string of the molecule is O=C1c2cnc(Nc3ccc(C4CCNCC4)c(S(=O)(=O)NC4CCCC4)c3)nc2SCN1c1c(Cl)cccc1Cl. The summed E-state index contributed by atoms with van der Waals surface area (Å²) in [5.41, 5.74) is 2.20. The van der Waals surface area contributed by atoms with Crippen LogP contribution in [0.4, 0.5) is 17.3 Å². The number of aromatic nitrogens is 2. The van der Waals surface area contributed by atoms with Crippen LogP contribution in [-0.4, -0.2) is 49.3 Å². The van der Waals surface area contributed by atoms with E-state index in [2.05, 4.69) is 25.3 Å². The fourth-order valence-electron chi connectivity index (χ4n) is 5.70. The summed E-state index contributed by atoms with van der Waals surface area (Å²) in [7, 11) is -3.73. The van der Waals surface area contributed by atoms with E-state index in [4.69, 9.17) is 23.2 Å². The van der Waals surface area contributed by atoms with Crippen molar-refractivity contribution in [2.45, 2.75) is 60.4 Å². The molecule has 216 valence electrons. The molecule has 1 saturated carbocycles. The molecule has 13 heteroatoms. The van der Waals surface area contributed by atoms with Crippen LogP contribution in [0.1, 0.15) is 60.4 Å². The number of nitrogens with zero attached hydrogens (tertiary/aromatic N) is 3. The van der Waals surface area contributed by atoms with Crippen molar-refractivity contribution < 1.29 is 13.2 Å². The normalized spacial score (nSPS) is 18.5. The molecule has 3 aromatic rings. The lowest BCUT2D eigenvalue weighted by Gasteiger charge is -2.28. The van der Waals surface area contributed by atoms with Crippen LogP contribution in [0, 0.1) is 0 Å². The Kier molecular flexibility index (Phi) is 8.44. The third kappa shape index (κ3) is 6.07. The number of anilines is 3. The van der Waals surface area contributed by atoms with Gasteiger partial charge in [0.2, 0.25) is 16.0 Å². The molecule has 2 aromatic carbocycles. The number of rotatable bonds is 7. The van der Waals surface area contributed by atoms with Crippen molar-refractivity contribution >= 4 is 68.2 Å². The maximum atomic E-state index is 13.6. The van der Waals surface area contributed by atoms with E-state index in [1.807, 2.05) is 12.1 Å². The monoisotopic (exact) mass is 632 g/mol. The van der Waals surface area contributed by atoms with Gasteiger partial charge in [0.25, 0.3) is 5.91 Å². The molecule has 0 bridgehead atoms. The summed E-state index contributed by atoms with van der Waals surface area (Å²) in [6.07, 6.45) is 7.03. The lowest BCUT2D eigenvalue weighted by molar-refractivity contribution is 0.0985. The van der Waals surface area contributed by atoms with Gasteiger partial charge < -0.3 is 10.6 Å². The van der Waals surface area contributed by atoms with E-state index in [0.717, 1.165) is 57.2 Å². The molecule has 0 spiro atoms. The van der Waals surface area contributed by atoms with Gasteiger partial charge in [-0.2, -0.15) is 0 Å². The Morgan fingerprint density at radius 2 is 1.76 bits per heavy atom. The summed E-state index contributed by atoms with van der Waals surface area (Å²) in [5, 5.41) is 7.81. The van der Waals surface area contributed by atoms with Gasteiger partial charge in [-0.25, -0.2) is 23.1 Å². The predicted molar refractivity (Wildman–Crippen MR) is 163 cm³/mol. The van der Waals surface area contributed by atoms with Gasteiger partial charge in [-0.3, -0.25) is 9.69 Å². The van der Waals surface area contributed by atoms with Crippen molar-refractivity contribution in [1.29, 1.82) is 0 Å². The fourth-order valence-corrected chi connectivity index (χ4v) is 8.87. The zero-order chi connectivity index (χ0) is 28.6. The molecule has 0 unspecified atom stereocenters. The average Bonchev–Trinajstić information content (AvgIpc) is 3.47. The van der Waals surface area contributed by atoms with Gasteiger partial charge in [-0.1, -0.05) is 59.9 Å². The van der Waals surface area contributed by atoms with Crippen LogP contribution in [0.3, 0.4) is 0 Å². The number of carbonyl (C=O) groups excluding carboxylic acids is 1. The Balaban J connectivity index is 1.27. The second-order valence-corrected chi connectivity index (χ2v) is 13.9. The minimum atomic E-state index is -3.73. The zero-order valence-corrected chi connectivity index (χ0v) is 25.3. The third-order valence-electron chi connectivity index (χ3n) is 7.78. The number of halogens is 2. The number of carbonyl (C=O) groups is 1. The van der Waals surface area contributed by atoms with Crippen molar-refractivity contribution in [3.8, 4) is 0 Å². The van der Waals surface area contributed by atoms with Gasteiger partial charge in [0, 0.05) is 17.9 Å². The molecule has 2 fully saturated rings. The van der Waals surface area contributed by atoms with Gasteiger partial charge in [-0.15, -0.1) is 0 Å². The largest absolute Gasteiger partial charge is 0.324 e. The van der Waals surface area contributed by atoms with Crippen LogP contribution in [0.2, 0.25) is 10.0 Å². The highest BCUT2D eigenvalue weighted by Gasteiger charge is 2.31. The van der Waals surface area contributed by atoms with E-state index in [-0.39, 0.29) is 29.7 Å². The highest BCUT2D eigenvalue weighted by atomic mass is 35.5. The minimum Gasteiger partial charge on any atom is -0.324 e. The lowest BCUT2D eigenvalue weighted by atomic mass is 9.90. The summed E-state index contributed by atoms with van der Waals surface area (Å²) in [6, 6.07) is 10.5. The van der Waals surface area contributed by atoms with Gasteiger partial charge in [0.15, 0.2) is 0 Å². The minimum absolute atomic E-state index is 0.0313. The molecule has 6 rings (SSSR count). The number of hydrogen-bond donors (Lipinski definition) is 3. The van der Waals surface area contributed by atoms with E-state index >= 15 is 0 Å². The molecule has 1 amide bonds. The number of para-hydroxylation sites is 1. The van der Waals surface area contributed by atoms with Gasteiger partial charge in [0.1, 0.15) is 5.03 Å². The van der Waals surface area contributed by atoms with Crippen LogP contribution < -0.4 is 20.3 Å². The van der Waals surface area contributed by atoms with Gasteiger partial charge in [0.05, 0.1) is 32.1 Å². The molecule has 3 aliphatic rings. The van der Waals surface area contributed by atoms with E-state index in [1.165, 1.54) is 22.9 Å². The highest BCUT2D eigenvalue weighted by molar-refractivity contribution is 7.99. The first kappa shape index (κ1) is 28.7. The molecule has 0 radical (unpaired) electrons. The number of sulfonamides is 1. The van der Waals surface area contributed by atoms with Crippen LogP contribution in [-0.2, 0) is 10.0 Å². The Labute approximate surface area is 253 Å². The van der Waals surface area contributed by atoms with Gasteiger partial charge >= 0.3 is 0 Å². The number of nitrogens with one attached hydrogen (secondary N) is 3. The molecular formula is C28H30Cl2N6O3S2. The number of amides is 1. The molecule has 3 N–H and O–H groups in total. The topological polar surface area (TPSA) is 116 Å².